The molecule has 0 aromatic carbocycles. The summed E-state index contributed by atoms with van der Waals surface area (Å²) in [5, 5.41) is 9.39. The van der Waals surface area contributed by atoms with E-state index in [0.29, 0.717) is 13.1 Å². The molecular formula is C15H27NO4. The number of amides is 1. The Morgan fingerprint density at radius 3 is 2.25 bits per heavy atom. The van der Waals surface area contributed by atoms with Gasteiger partial charge in [-0.1, -0.05) is 0 Å². The van der Waals surface area contributed by atoms with Crippen molar-refractivity contribution < 1.29 is 19.4 Å². The molecule has 0 spiro atoms. The van der Waals surface area contributed by atoms with Crippen molar-refractivity contribution in [3.8, 4) is 0 Å². The normalized spacial score (nSPS) is 31.9. The maximum Gasteiger partial charge on any atom is 0.410 e. The Bertz CT molecular complexity index is 349. The third kappa shape index (κ3) is 4.09. The highest BCUT2D eigenvalue weighted by atomic mass is 16.6. The van der Waals surface area contributed by atoms with Crippen LogP contribution >= 0.6 is 0 Å². The highest BCUT2D eigenvalue weighted by Gasteiger charge is 2.42. The van der Waals surface area contributed by atoms with Gasteiger partial charge in [0.15, 0.2) is 0 Å². The summed E-state index contributed by atoms with van der Waals surface area (Å²) in [5.41, 5.74) is -0.613. The van der Waals surface area contributed by atoms with Crippen LogP contribution in [-0.4, -0.2) is 52.6 Å². The second-order valence-electron chi connectivity index (χ2n) is 7.30. The molecule has 0 unspecified atom stereocenters. The van der Waals surface area contributed by atoms with Crippen molar-refractivity contribution in [2.75, 3.05) is 13.1 Å². The molecule has 20 heavy (non-hydrogen) atoms. The highest BCUT2D eigenvalue weighted by molar-refractivity contribution is 5.68. The van der Waals surface area contributed by atoms with Crippen molar-refractivity contribution in [2.24, 2.45) is 0 Å². The first-order valence-electron chi connectivity index (χ1n) is 7.51. The number of hydrogen-bond donors (Lipinski definition) is 1. The van der Waals surface area contributed by atoms with Gasteiger partial charge < -0.3 is 19.5 Å². The molecule has 0 aromatic rings. The van der Waals surface area contributed by atoms with Crippen LogP contribution in [0.15, 0.2) is 0 Å². The molecule has 1 saturated heterocycles. The van der Waals surface area contributed by atoms with Gasteiger partial charge in [-0.25, -0.2) is 4.79 Å². The van der Waals surface area contributed by atoms with E-state index in [1.54, 1.807) is 4.90 Å². The predicted molar refractivity (Wildman–Crippen MR) is 75.6 cm³/mol. The van der Waals surface area contributed by atoms with Gasteiger partial charge in [0.1, 0.15) is 5.60 Å². The van der Waals surface area contributed by atoms with E-state index < -0.39 is 5.60 Å². The first-order valence-corrected chi connectivity index (χ1v) is 7.51. The first kappa shape index (κ1) is 15.6. The summed E-state index contributed by atoms with van der Waals surface area (Å²) in [6.45, 7) is 9.05. The lowest BCUT2D eigenvalue weighted by Gasteiger charge is -2.46. The minimum Gasteiger partial charge on any atom is -0.444 e. The summed E-state index contributed by atoms with van der Waals surface area (Å²) in [7, 11) is 0. The molecule has 5 nitrogen and oxygen atoms in total. The second-order valence-corrected chi connectivity index (χ2v) is 7.30. The summed E-state index contributed by atoms with van der Waals surface area (Å²) in [5.74, 6) is 0. The Labute approximate surface area is 121 Å². The average molecular weight is 285 g/mol. The number of likely N-dealkylation sites (tertiary alicyclic amines) is 1. The fraction of sp³-hybridized carbons (Fsp3) is 0.933. The fourth-order valence-corrected chi connectivity index (χ4v) is 2.92. The van der Waals surface area contributed by atoms with Crippen LogP contribution in [0.5, 0.6) is 0 Å². The minimum atomic E-state index is -0.444. The molecule has 0 radical (unpaired) electrons. The molecule has 0 aromatic heterocycles. The zero-order valence-corrected chi connectivity index (χ0v) is 13.0. The number of carbonyl (C=O) groups excluding carboxylic acids is 1. The topological polar surface area (TPSA) is 59.0 Å². The highest BCUT2D eigenvalue weighted by Crippen LogP contribution is 2.37. The Kier molecular flexibility index (Phi) is 4.30. The molecule has 1 aliphatic heterocycles. The second kappa shape index (κ2) is 5.53. The van der Waals surface area contributed by atoms with Crippen molar-refractivity contribution in [1.29, 1.82) is 0 Å². The standard InChI is InChI=1S/C15H27NO4/c1-14(2,3)20-13(18)16-7-5-12(6-8-16)19-15(4)9-11(17)10-15/h11-12,17H,5-10H2,1-4H3. The monoisotopic (exact) mass is 285 g/mol. The van der Waals surface area contributed by atoms with Crippen LogP contribution in [0.1, 0.15) is 53.4 Å². The fourth-order valence-electron chi connectivity index (χ4n) is 2.92. The van der Waals surface area contributed by atoms with Crippen LogP contribution in [-0.2, 0) is 9.47 Å². The number of ether oxygens (including phenoxy) is 2. The maximum absolute atomic E-state index is 11.9. The Balaban J connectivity index is 1.74. The van der Waals surface area contributed by atoms with Gasteiger partial charge in [-0.3, -0.25) is 0 Å². The van der Waals surface area contributed by atoms with Gasteiger partial charge >= 0.3 is 6.09 Å². The van der Waals surface area contributed by atoms with Crippen molar-refractivity contribution >= 4 is 6.09 Å². The SMILES string of the molecule is CC(C)(C)OC(=O)N1CCC(OC2(C)CC(O)C2)CC1. The van der Waals surface area contributed by atoms with E-state index in [2.05, 4.69) is 6.92 Å². The molecule has 2 aliphatic rings. The zero-order chi connectivity index (χ0) is 15.0. The molecule has 0 atom stereocenters. The van der Waals surface area contributed by atoms with Crippen LogP contribution in [0.2, 0.25) is 0 Å². The summed E-state index contributed by atoms with van der Waals surface area (Å²) in [6.07, 6.45) is 2.86. The largest absolute Gasteiger partial charge is 0.444 e. The summed E-state index contributed by atoms with van der Waals surface area (Å²) >= 11 is 0. The minimum absolute atomic E-state index is 0.168. The van der Waals surface area contributed by atoms with Gasteiger partial charge in [-0.05, 0) is 40.5 Å². The third-order valence-electron chi connectivity index (χ3n) is 3.88. The van der Waals surface area contributed by atoms with E-state index in [0.717, 1.165) is 25.7 Å². The van der Waals surface area contributed by atoms with E-state index in [9.17, 15) is 9.90 Å². The summed E-state index contributed by atoms with van der Waals surface area (Å²) < 4.78 is 11.4. The summed E-state index contributed by atoms with van der Waals surface area (Å²) in [4.78, 5) is 13.7. The van der Waals surface area contributed by atoms with Crippen LogP contribution in [0.3, 0.4) is 0 Å². The molecule has 1 N–H and O–H groups in total. The number of carbonyl (C=O) groups is 1. The number of aliphatic hydroxyl groups excluding tert-OH is 1. The van der Waals surface area contributed by atoms with Crippen LogP contribution in [0.25, 0.3) is 0 Å². The molecule has 1 amide bonds. The Morgan fingerprint density at radius 1 is 1.25 bits per heavy atom. The lowest BCUT2D eigenvalue weighted by Crippen LogP contribution is -2.51. The van der Waals surface area contributed by atoms with Gasteiger partial charge in [-0.15, -0.1) is 0 Å². The smallest absolute Gasteiger partial charge is 0.410 e. The van der Waals surface area contributed by atoms with Crippen molar-refractivity contribution in [1.82, 2.24) is 4.90 Å². The van der Waals surface area contributed by atoms with Gasteiger partial charge in [0, 0.05) is 25.9 Å². The van der Waals surface area contributed by atoms with Gasteiger partial charge in [0.25, 0.3) is 0 Å². The Hall–Kier alpha value is -0.810. The van der Waals surface area contributed by atoms with E-state index in [1.165, 1.54) is 0 Å². The number of rotatable bonds is 2. The molecule has 1 aliphatic carbocycles. The van der Waals surface area contributed by atoms with Crippen LogP contribution < -0.4 is 0 Å². The van der Waals surface area contributed by atoms with Crippen molar-refractivity contribution in [3.05, 3.63) is 0 Å². The van der Waals surface area contributed by atoms with E-state index in [4.69, 9.17) is 9.47 Å². The van der Waals surface area contributed by atoms with Gasteiger partial charge in [0.2, 0.25) is 0 Å². The lowest BCUT2D eigenvalue weighted by atomic mass is 9.78. The van der Waals surface area contributed by atoms with Crippen molar-refractivity contribution in [2.45, 2.75) is 76.8 Å². The van der Waals surface area contributed by atoms with Gasteiger partial charge in [-0.2, -0.15) is 0 Å². The van der Waals surface area contributed by atoms with Gasteiger partial charge in [0.05, 0.1) is 17.8 Å². The van der Waals surface area contributed by atoms with Crippen LogP contribution in [0, 0.1) is 0 Å². The molecule has 1 heterocycles. The third-order valence-corrected chi connectivity index (χ3v) is 3.88. The molecular weight excluding hydrogens is 258 g/mol. The van der Waals surface area contributed by atoms with Crippen LogP contribution in [0.4, 0.5) is 4.79 Å². The van der Waals surface area contributed by atoms with E-state index in [-0.39, 0.29) is 23.9 Å². The molecule has 5 heteroatoms. The molecule has 2 fully saturated rings. The quantitative estimate of drug-likeness (QED) is 0.846. The number of nitrogens with zero attached hydrogens (tertiary/aromatic N) is 1. The van der Waals surface area contributed by atoms with E-state index in [1.807, 2.05) is 20.8 Å². The Morgan fingerprint density at radius 2 is 1.80 bits per heavy atom. The summed E-state index contributed by atoms with van der Waals surface area (Å²) in [6, 6.07) is 0. The molecule has 1 saturated carbocycles. The number of piperidine rings is 1. The maximum atomic E-state index is 11.9. The first-order chi connectivity index (χ1) is 9.17. The molecule has 116 valence electrons. The molecule has 0 bridgehead atoms. The van der Waals surface area contributed by atoms with Crippen molar-refractivity contribution in [3.63, 3.8) is 0 Å². The number of hydrogen-bond acceptors (Lipinski definition) is 4. The van der Waals surface area contributed by atoms with E-state index >= 15 is 0 Å². The molecule has 2 rings (SSSR count). The predicted octanol–water partition coefficient (Wildman–Crippen LogP) is 2.32. The lowest BCUT2D eigenvalue weighted by molar-refractivity contribution is -0.179. The zero-order valence-electron chi connectivity index (χ0n) is 13.0. The number of aliphatic hydroxyl groups is 1. The average Bonchev–Trinajstić information content (AvgIpc) is 2.25.